The van der Waals surface area contributed by atoms with E-state index in [2.05, 4.69) is 26.8 Å². The van der Waals surface area contributed by atoms with Crippen molar-refractivity contribution in [2.75, 3.05) is 20.3 Å². The molecule has 0 fully saturated rings. The summed E-state index contributed by atoms with van der Waals surface area (Å²) in [7, 11) is 3.31. The molecule has 0 atom stereocenters. The lowest BCUT2D eigenvalue weighted by Crippen LogP contribution is -2.42. The SMILES string of the molecule is COCCOc1ccccc1C(=O)NNC(=O)c1cc(Br)cn1C. The Bertz CT molecular complexity index is 730. The molecule has 2 aromatic rings. The summed E-state index contributed by atoms with van der Waals surface area (Å²) < 4.78 is 12.8. The molecule has 0 unspecified atom stereocenters. The molecule has 0 saturated carbocycles. The van der Waals surface area contributed by atoms with Crippen molar-refractivity contribution in [3.63, 3.8) is 0 Å². The van der Waals surface area contributed by atoms with Gasteiger partial charge < -0.3 is 14.0 Å². The molecule has 128 valence electrons. The molecular weight excluding hydrogens is 378 g/mol. The number of amides is 2. The summed E-state index contributed by atoms with van der Waals surface area (Å²) in [6.07, 6.45) is 1.75. The van der Waals surface area contributed by atoms with Crippen LogP contribution in [0.1, 0.15) is 20.8 Å². The maximum absolute atomic E-state index is 12.3. The third-order valence-electron chi connectivity index (χ3n) is 3.17. The average Bonchev–Trinajstić information content (AvgIpc) is 2.91. The summed E-state index contributed by atoms with van der Waals surface area (Å²) >= 11 is 3.29. The Hall–Kier alpha value is -2.32. The van der Waals surface area contributed by atoms with E-state index in [0.717, 1.165) is 4.47 Å². The minimum Gasteiger partial charge on any atom is -0.490 e. The number of nitrogens with one attached hydrogen (secondary N) is 2. The summed E-state index contributed by atoms with van der Waals surface area (Å²) in [6.45, 7) is 0.736. The predicted octanol–water partition coefficient (Wildman–Crippen LogP) is 1.89. The number of ether oxygens (including phenoxy) is 2. The molecule has 0 aliphatic rings. The molecule has 2 N–H and O–H groups in total. The number of hydrogen-bond acceptors (Lipinski definition) is 4. The molecule has 1 aromatic carbocycles. The van der Waals surface area contributed by atoms with Crippen molar-refractivity contribution in [2.24, 2.45) is 7.05 Å². The van der Waals surface area contributed by atoms with Gasteiger partial charge in [-0.1, -0.05) is 12.1 Å². The minimum atomic E-state index is -0.468. The second-order valence-corrected chi connectivity index (χ2v) is 5.82. The standard InChI is InChI=1S/C16H18BrN3O4/c1-20-10-11(17)9-13(20)16(22)19-18-15(21)12-5-3-4-6-14(12)24-8-7-23-2/h3-6,9-10H,7-8H2,1-2H3,(H,18,21)(H,19,22). The number of aromatic nitrogens is 1. The number of aryl methyl sites for hydroxylation is 1. The zero-order chi connectivity index (χ0) is 17.5. The van der Waals surface area contributed by atoms with E-state index in [1.165, 1.54) is 0 Å². The van der Waals surface area contributed by atoms with Crippen molar-refractivity contribution >= 4 is 27.7 Å². The number of hydrazine groups is 1. The lowest BCUT2D eigenvalue weighted by Gasteiger charge is -2.12. The maximum Gasteiger partial charge on any atom is 0.286 e. The van der Waals surface area contributed by atoms with Gasteiger partial charge in [-0.15, -0.1) is 0 Å². The largest absolute Gasteiger partial charge is 0.490 e. The van der Waals surface area contributed by atoms with E-state index in [9.17, 15) is 9.59 Å². The van der Waals surface area contributed by atoms with Crippen molar-refractivity contribution in [1.82, 2.24) is 15.4 Å². The quantitative estimate of drug-likeness (QED) is 0.577. The molecule has 0 spiro atoms. The molecule has 0 aliphatic heterocycles. The first-order valence-electron chi connectivity index (χ1n) is 7.16. The number of carbonyl (C=O) groups excluding carboxylic acids is 2. The molecule has 0 saturated heterocycles. The Morgan fingerprint density at radius 3 is 2.54 bits per heavy atom. The van der Waals surface area contributed by atoms with Crippen LogP contribution in [0.15, 0.2) is 41.0 Å². The molecule has 1 aromatic heterocycles. The first kappa shape index (κ1) is 18.0. The molecular formula is C16H18BrN3O4. The summed E-state index contributed by atoms with van der Waals surface area (Å²) in [4.78, 5) is 24.4. The number of halogens is 1. The van der Waals surface area contributed by atoms with E-state index in [-0.39, 0.29) is 0 Å². The van der Waals surface area contributed by atoms with Crippen LogP contribution in [0.25, 0.3) is 0 Å². The van der Waals surface area contributed by atoms with Gasteiger partial charge in [0.15, 0.2) is 0 Å². The highest BCUT2D eigenvalue weighted by atomic mass is 79.9. The fraction of sp³-hybridized carbons (Fsp3) is 0.250. The van der Waals surface area contributed by atoms with E-state index >= 15 is 0 Å². The number of para-hydroxylation sites is 1. The lowest BCUT2D eigenvalue weighted by molar-refractivity contribution is 0.0838. The Morgan fingerprint density at radius 2 is 1.88 bits per heavy atom. The second-order valence-electron chi connectivity index (χ2n) is 4.90. The fourth-order valence-electron chi connectivity index (χ4n) is 2.01. The van der Waals surface area contributed by atoms with Gasteiger partial charge >= 0.3 is 0 Å². The van der Waals surface area contributed by atoms with Crippen LogP contribution in [0.2, 0.25) is 0 Å². The number of benzene rings is 1. The van der Waals surface area contributed by atoms with Crippen molar-refractivity contribution in [3.8, 4) is 5.75 Å². The van der Waals surface area contributed by atoms with Gasteiger partial charge in [0.25, 0.3) is 11.8 Å². The van der Waals surface area contributed by atoms with Crippen molar-refractivity contribution in [1.29, 1.82) is 0 Å². The van der Waals surface area contributed by atoms with E-state index in [4.69, 9.17) is 9.47 Å². The molecule has 8 heteroatoms. The third kappa shape index (κ3) is 4.59. The van der Waals surface area contributed by atoms with Crippen LogP contribution in [-0.2, 0) is 11.8 Å². The second kappa shape index (κ2) is 8.51. The molecule has 24 heavy (non-hydrogen) atoms. The highest BCUT2D eigenvalue weighted by Crippen LogP contribution is 2.17. The van der Waals surface area contributed by atoms with E-state index in [1.807, 2.05) is 0 Å². The van der Waals surface area contributed by atoms with E-state index < -0.39 is 11.8 Å². The van der Waals surface area contributed by atoms with Gasteiger partial charge in [0.1, 0.15) is 18.1 Å². The third-order valence-corrected chi connectivity index (χ3v) is 3.60. The Kier molecular flexibility index (Phi) is 6.39. The predicted molar refractivity (Wildman–Crippen MR) is 91.9 cm³/mol. The maximum atomic E-state index is 12.3. The van der Waals surface area contributed by atoms with Gasteiger partial charge in [0, 0.05) is 24.8 Å². The van der Waals surface area contributed by atoms with Crippen LogP contribution in [0.3, 0.4) is 0 Å². The van der Waals surface area contributed by atoms with Crippen LogP contribution in [-0.4, -0.2) is 36.7 Å². The summed E-state index contributed by atoms with van der Waals surface area (Å²) in [5.74, 6) is -0.470. The topological polar surface area (TPSA) is 81.6 Å². The Balaban J connectivity index is 2.00. The van der Waals surface area contributed by atoms with Crippen LogP contribution in [0.4, 0.5) is 0 Å². The van der Waals surface area contributed by atoms with Gasteiger partial charge in [0.2, 0.25) is 0 Å². The first-order valence-corrected chi connectivity index (χ1v) is 7.95. The Morgan fingerprint density at radius 1 is 1.17 bits per heavy atom. The van der Waals surface area contributed by atoms with E-state index in [1.54, 1.807) is 55.3 Å². The van der Waals surface area contributed by atoms with Crippen molar-refractivity contribution in [2.45, 2.75) is 0 Å². The monoisotopic (exact) mass is 395 g/mol. The zero-order valence-corrected chi connectivity index (χ0v) is 14.9. The highest BCUT2D eigenvalue weighted by Gasteiger charge is 2.15. The molecule has 0 bridgehead atoms. The normalized spacial score (nSPS) is 10.3. The van der Waals surface area contributed by atoms with Crippen LogP contribution >= 0.6 is 15.9 Å². The fourth-order valence-corrected chi connectivity index (χ4v) is 2.53. The number of methoxy groups -OCH3 is 1. The number of carbonyl (C=O) groups is 2. The minimum absolute atomic E-state index is 0.321. The van der Waals surface area contributed by atoms with Gasteiger partial charge in [-0.2, -0.15) is 0 Å². The molecule has 2 amide bonds. The summed E-state index contributed by atoms with van der Waals surface area (Å²) in [5.41, 5.74) is 5.50. The van der Waals surface area contributed by atoms with Crippen molar-refractivity contribution < 1.29 is 19.1 Å². The van der Waals surface area contributed by atoms with Crippen LogP contribution < -0.4 is 15.6 Å². The lowest BCUT2D eigenvalue weighted by atomic mass is 10.2. The molecule has 0 radical (unpaired) electrons. The van der Waals surface area contributed by atoms with Crippen molar-refractivity contribution in [3.05, 3.63) is 52.3 Å². The highest BCUT2D eigenvalue weighted by molar-refractivity contribution is 9.10. The van der Waals surface area contributed by atoms with Gasteiger partial charge in [-0.25, -0.2) is 0 Å². The molecule has 1 heterocycles. The van der Waals surface area contributed by atoms with Crippen LogP contribution in [0.5, 0.6) is 5.75 Å². The molecule has 0 aliphatic carbocycles. The van der Waals surface area contributed by atoms with Gasteiger partial charge in [-0.3, -0.25) is 20.4 Å². The number of nitrogens with zero attached hydrogens (tertiary/aromatic N) is 1. The van der Waals surface area contributed by atoms with E-state index in [0.29, 0.717) is 30.2 Å². The van der Waals surface area contributed by atoms with Gasteiger partial charge in [-0.05, 0) is 34.1 Å². The summed E-state index contributed by atoms with van der Waals surface area (Å²) in [5, 5.41) is 0. The average molecular weight is 396 g/mol. The van der Waals surface area contributed by atoms with Gasteiger partial charge in [0.05, 0.1) is 12.2 Å². The smallest absolute Gasteiger partial charge is 0.286 e. The summed E-state index contributed by atoms with van der Waals surface area (Å²) in [6, 6.07) is 8.43. The zero-order valence-electron chi connectivity index (χ0n) is 13.3. The number of hydrogen-bond donors (Lipinski definition) is 2. The number of rotatable bonds is 6. The molecule has 2 rings (SSSR count). The molecule has 7 nitrogen and oxygen atoms in total. The van der Waals surface area contributed by atoms with Crippen LogP contribution in [0, 0.1) is 0 Å². The first-order chi connectivity index (χ1) is 11.5. The Labute approximate surface area is 148 Å².